The SMILES string of the molecule is O=C(N=c1ccccn1Cc1ccccc1)c1n[nH]c2ccccc12. The molecule has 0 spiro atoms. The van der Waals surface area contributed by atoms with Crippen LogP contribution in [-0.2, 0) is 6.54 Å². The first kappa shape index (κ1) is 15.1. The van der Waals surface area contributed by atoms with Crippen molar-refractivity contribution >= 4 is 16.8 Å². The molecule has 1 amide bonds. The van der Waals surface area contributed by atoms with Crippen molar-refractivity contribution in [3.05, 3.63) is 95.7 Å². The Kier molecular flexibility index (Phi) is 3.96. The second-order valence-corrected chi connectivity index (χ2v) is 5.71. The van der Waals surface area contributed by atoms with Gasteiger partial charge in [-0.05, 0) is 23.8 Å². The molecule has 0 bridgehead atoms. The molecular weight excluding hydrogens is 312 g/mol. The van der Waals surface area contributed by atoms with Gasteiger partial charge in [0.15, 0.2) is 5.69 Å². The Hall–Kier alpha value is -3.47. The van der Waals surface area contributed by atoms with Crippen molar-refractivity contribution in [1.82, 2.24) is 14.8 Å². The van der Waals surface area contributed by atoms with Crippen molar-refractivity contribution in [3.63, 3.8) is 0 Å². The molecule has 0 aliphatic heterocycles. The number of para-hydroxylation sites is 1. The maximum atomic E-state index is 12.6. The number of pyridine rings is 1. The highest BCUT2D eigenvalue weighted by molar-refractivity contribution is 6.05. The zero-order valence-corrected chi connectivity index (χ0v) is 13.5. The number of hydrogen-bond acceptors (Lipinski definition) is 2. The molecule has 5 nitrogen and oxygen atoms in total. The van der Waals surface area contributed by atoms with Crippen LogP contribution in [0.4, 0.5) is 0 Å². The van der Waals surface area contributed by atoms with E-state index in [-0.39, 0.29) is 5.91 Å². The van der Waals surface area contributed by atoms with Gasteiger partial charge in [0.25, 0.3) is 5.91 Å². The second-order valence-electron chi connectivity index (χ2n) is 5.71. The van der Waals surface area contributed by atoms with E-state index in [2.05, 4.69) is 15.2 Å². The minimum absolute atomic E-state index is 0.339. The largest absolute Gasteiger partial charge is 0.328 e. The van der Waals surface area contributed by atoms with Crippen molar-refractivity contribution in [2.45, 2.75) is 6.54 Å². The van der Waals surface area contributed by atoms with E-state index in [9.17, 15) is 4.79 Å². The van der Waals surface area contributed by atoms with Crippen LogP contribution < -0.4 is 5.49 Å². The second kappa shape index (κ2) is 6.57. The number of H-pyrrole nitrogens is 1. The molecule has 0 atom stereocenters. The van der Waals surface area contributed by atoms with Crippen LogP contribution in [0.15, 0.2) is 84.0 Å². The first-order valence-corrected chi connectivity index (χ1v) is 8.03. The monoisotopic (exact) mass is 328 g/mol. The fourth-order valence-electron chi connectivity index (χ4n) is 2.77. The van der Waals surface area contributed by atoms with Crippen LogP contribution in [0, 0.1) is 0 Å². The Morgan fingerprint density at radius 1 is 0.960 bits per heavy atom. The molecule has 0 radical (unpaired) electrons. The summed E-state index contributed by atoms with van der Waals surface area (Å²) < 4.78 is 1.95. The summed E-state index contributed by atoms with van der Waals surface area (Å²) in [5.74, 6) is -0.356. The van der Waals surface area contributed by atoms with E-state index in [1.165, 1.54) is 0 Å². The van der Waals surface area contributed by atoms with Crippen LogP contribution in [0.1, 0.15) is 16.1 Å². The van der Waals surface area contributed by atoms with Gasteiger partial charge in [-0.3, -0.25) is 9.89 Å². The van der Waals surface area contributed by atoms with Crippen molar-refractivity contribution in [3.8, 4) is 0 Å². The molecule has 0 fully saturated rings. The summed E-state index contributed by atoms with van der Waals surface area (Å²) in [7, 11) is 0. The summed E-state index contributed by atoms with van der Waals surface area (Å²) in [6.45, 7) is 0.648. The molecule has 122 valence electrons. The smallest absolute Gasteiger partial charge is 0.300 e. The molecular formula is C20H16N4O. The number of nitrogens with zero attached hydrogens (tertiary/aromatic N) is 3. The number of fused-ring (bicyclic) bond motifs is 1. The molecule has 0 aliphatic carbocycles. The van der Waals surface area contributed by atoms with Crippen molar-refractivity contribution < 1.29 is 4.79 Å². The Morgan fingerprint density at radius 2 is 1.72 bits per heavy atom. The molecule has 1 N–H and O–H groups in total. The summed E-state index contributed by atoms with van der Waals surface area (Å²) in [5, 5.41) is 7.78. The maximum Gasteiger partial charge on any atom is 0.300 e. The molecule has 0 aliphatic rings. The van der Waals surface area contributed by atoms with Gasteiger partial charge in [0.2, 0.25) is 0 Å². The summed E-state index contributed by atoms with van der Waals surface area (Å²) in [5.41, 5.74) is 2.91. The van der Waals surface area contributed by atoms with Gasteiger partial charge < -0.3 is 4.57 Å². The zero-order chi connectivity index (χ0) is 17.1. The van der Waals surface area contributed by atoms with Crippen LogP contribution >= 0.6 is 0 Å². The fraction of sp³-hybridized carbons (Fsp3) is 0.0500. The summed E-state index contributed by atoms with van der Waals surface area (Å²) in [4.78, 5) is 16.9. The third kappa shape index (κ3) is 3.12. The van der Waals surface area contributed by atoms with Crippen LogP contribution in [-0.4, -0.2) is 20.7 Å². The van der Waals surface area contributed by atoms with Gasteiger partial charge >= 0.3 is 0 Å². The predicted molar refractivity (Wildman–Crippen MR) is 96.0 cm³/mol. The number of aromatic amines is 1. The lowest BCUT2D eigenvalue weighted by Gasteiger charge is -2.07. The highest BCUT2D eigenvalue weighted by atomic mass is 16.1. The Bertz CT molecular complexity index is 1090. The Balaban J connectivity index is 1.73. The topological polar surface area (TPSA) is 63.0 Å². The van der Waals surface area contributed by atoms with E-state index < -0.39 is 0 Å². The molecule has 25 heavy (non-hydrogen) atoms. The molecule has 0 saturated carbocycles. The van der Waals surface area contributed by atoms with Crippen LogP contribution in [0.5, 0.6) is 0 Å². The lowest BCUT2D eigenvalue weighted by molar-refractivity contribution is 0.0994. The van der Waals surface area contributed by atoms with E-state index in [1.54, 1.807) is 0 Å². The molecule has 2 heterocycles. The fourth-order valence-corrected chi connectivity index (χ4v) is 2.77. The number of hydrogen-bond donors (Lipinski definition) is 1. The van der Waals surface area contributed by atoms with Gasteiger partial charge in [0, 0.05) is 18.1 Å². The van der Waals surface area contributed by atoms with Crippen molar-refractivity contribution in [2.24, 2.45) is 4.99 Å². The van der Waals surface area contributed by atoms with Crippen LogP contribution in [0.25, 0.3) is 10.9 Å². The van der Waals surface area contributed by atoms with Crippen LogP contribution in [0.2, 0.25) is 0 Å². The Morgan fingerprint density at radius 3 is 2.60 bits per heavy atom. The number of rotatable bonds is 3. The lowest BCUT2D eigenvalue weighted by atomic mass is 10.2. The molecule has 2 aromatic carbocycles. The summed E-state index contributed by atoms with van der Waals surface area (Å²) in [6, 6.07) is 23.2. The zero-order valence-electron chi connectivity index (χ0n) is 13.5. The molecule has 2 aromatic heterocycles. The van der Waals surface area contributed by atoms with Gasteiger partial charge in [-0.25, -0.2) is 0 Å². The summed E-state index contributed by atoms with van der Waals surface area (Å²) in [6.07, 6.45) is 1.92. The maximum absolute atomic E-state index is 12.6. The normalized spacial score (nSPS) is 11.8. The Labute approximate surface area is 144 Å². The van der Waals surface area contributed by atoms with Crippen LogP contribution in [0.3, 0.4) is 0 Å². The van der Waals surface area contributed by atoms with E-state index >= 15 is 0 Å². The van der Waals surface area contributed by atoms with Gasteiger partial charge in [0.05, 0.1) is 5.52 Å². The standard InChI is InChI=1S/C20H16N4O/c25-20(19-16-10-4-5-11-17(16)22-23-19)21-18-12-6-7-13-24(18)14-15-8-2-1-3-9-15/h1-13H,14H2,(H,22,23). The first-order chi connectivity index (χ1) is 12.3. The average Bonchev–Trinajstić information content (AvgIpc) is 3.08. The predicted octanol–water partition coefficient (Wildman–Crippen LogP) is 3.15. The van der Waals surface area contributed by atoms with E-state index in [1.807, 2.05) is 83.6 Å². The summed E-state index contributed by atoms with van der Waals surface area (Å²) >= 11 is 0. The van der Waals surface area contributed by atoms with Gasteiger partial charge in [0.1, 0.15) is 5.49 Å². The third-order valence-corrected chi connectivity index (χ3v) is 4.00. The molecule has 4 aromatic rings. The third-order valence-electron chi connectivity index (χ3n) is 4.00. The van der Waals surface area contributed by atoms with Gasteiger partial charge in [-0.1, -0.05) is 54.6 Å². The lowest BCUT2D eigenvalue weighted by Crippen LogP contribution is -2.22. The highest BCUT2D eigenvalue weighted by Crippen LogP contribution is 2.15. The molecule has 5 heteroatoms. The number of amides is 1. The first-order valence-electron chi connectivity index (χ1n) is 8.03. The number of carbonyl (C=O) groups excluding carboxylic acids is 1. The number of nitrogens with one attached hydrogen (secondary N) is 1. The minimum atomic E-state index is -0.356. The quantitative estimate of drug-likeness (QED) is 0.628. The number of benzene rings is 2. The van der Waals surface area contributed by atoms with Crippen molar-refractivity contribution in [1.29, 1.82) is 0 Å². The molecule has 4 rings (SSSR count). The van der Waals surface area contributed by atoms with E-state index in [4.69, 9.17) is 0 Å². The number of carbonyl (C=O) groups is 1. The van der Waals surface area contributed by atoms with Gasteiger partial charge in [-0.15, -0.1) is 0 Å². The highest BCUT2D eigenvalue weighted by Gasteiger charge is 2.12. The van der Waals surface area contributed by atoms with E-state index in [0.29, 0.717) is 17.7 Å². The van der Waals surface area contributed by atoms with Crippen molar-refractivity contribution in [2.75, 3.05) is 0 Å². The minimum Gasteiger partial charge on any atom is -0.328 e. The average molecular weight is 328 g/mol. The molecule has 0 saturated heterocycles. The molecule has 0 unspecified atom stereocenters. The van der Waals surface area contributed by atoms with E-state index in [0.717, 1.165) is 16.5 Å². The number of aromatic nitrogens is 3. The van der Waals surface area contributed by atoms with Gasteiger partial charge in [-0.2, -0.15) is 10.1 Å².